The number of rotatable bonds is 0. The van der Waals surface area contributed by atoms with Crippen molar-refractivity contribution in [3.63, 3.8) is 0 Å². The zero-order chi connectivity index (χ0) is 13.7. The molecule has 0 amide bonds. The van der Waals surface area contributed by atoms with E-state index < -0.39 is 0 Å². The third-order valence-electron chi connectivity index (χ3n) is 3.66. The standard InChI is InChI=1S/C15H12ClN3O.BrH/c16-9-5-6-13-10(7-9)12-8-18-15(17)19(12)11-3-1-2-4-14(11)20-13;/h1-7,12H,8H2,(H2,17,18);1H. The van der Waals surface area contributed by atoms with Gasteiger partial charge >= 0.3 is 0 Å². The first kappa shape index (κ1) is 14.2. The van der Waals surface area contributed by atoms with Crippen LogP contribution in [0.2, 0.25) is 5.02 Å². The highest BCUT2D eigenvalue weighted by atomic mass is 79.9. The molecule has 0 bridgehead atoms. The van der Waals surface area contributed by atoms with E-state index in [1.807, 2.05) is 47.4 Å². The van der Waals surface area contributed by atoms with Crippen LogP contribution in [0.5, 0.6) is 11.5 Å². The number of aliphatic imine (C=N–C) groups is 1. The minimum Gasteiger partial charge on any atom is -0.455 e. The molecular weight excluding hydrogens is 354 g/mol. The molecule has 0 radical (unpaired) electrons. The first-order chi connectivity index (χ1) is 9.74. The smallest absolute Gasteiger partial charge is 0.196 e. The molecule has 0 saturated heterocycles. The van der Waals surface area contributed by atoms with Gasteiger partial charge in [-0.15, -0.1) is 17.0 Å². The summed E-state index contributed by atoms with van der Waals surface area (Å²) in [5.74, 6) is 2.09. The van der Waals surface area contributed by atoms with Crippen LogP contribution in [0.25, 0.3) is 0 Å². The van der Waals surface area contributed by atoms with Gasteiger partial charge < -0.3 is 10.5 Å². The van der Waals surface area contributed by atoms with Crippen LogP contribution in [0.4, 0.5) is 5.69 Å². The van der Waals surface area contributed by atoms with Crippen molar-refractivity contribution in [1.82, 2.24) is 0 Å². The van der Waals surface area contributed by atoms with Gasteiger partial charge in [-0.25, -0.2) is 0 Å². The number of hydrogen-bond donors (Lipinski definition) is 1. The fourth-order valence-corrected chi connectivity index (χ4v) is 2.94. The Bertz CT molecular complexity index is 735. The first-order valence-corrected chi connectivity index (χ1v) is 6.77. The molecule has 2 aromatic rings. The number of halogens is 2. The fraction of sp³-hybridized carbons (Fsp3) is 0.133. The molecule has 2 aromatic carbocycles. The van der Waals surface area contributed by atoms with Crippen LogP contribution in [-0.4, -0.2) is 12.5 Å². The molecule has 0 aromatic heterocycles. The molecule has 6 heteroatoms. The van der Waals surface area contributed by atoms with Crippen molar-refractivity contribution >= 4 is 40.2 Å². The van der Waals surface area contributed by atoms with Crippen molar-refractivity contribution in [3.05, 3.63) is 53.1 Å². The average Bonchev–Trinajstić information content (AvgIpc) is 2.76. The molecule has 1 unspecified atom stereocenters. The van der Waals surface area contributed by atoms with Crippen LogP contribution in [0.15, 0.2) is 47.5 Å². The number of fused-ring (bicyclic) bond motifs is 5. The van der Waals surface area contributed by atoms with E-state index in [0.29, 0.717) is 17.5 Å². The zero-order valence-electron chi connectivity index (χ0n) is 11.0. The highest BCUT2D eigenvalue weighted by molar-refractivity contribution is 8.93. The molecule has 108 valence electrons. The molecule has 2 aliphatic heterocycles. The number of benzene rings is 2. The normalized spacial score (nSPS) is 18.4. The summed E-state index contributed by atoms with van der Waals surface area (Å²) in [5, 5.41) is 0.684. The summed E-state index contributed by atoms with van der Waals surface area (Å²) in [6.45, 7) is 0.608. The van der Waals surface area contributed by atoms with Gasteiger partial charge in [0.2, 0.25) is 0 Å². The van der Waals surface area contributed by atoms with Crippen molar-refractivity contribution in [2.75, 3.05) is 11.4 Å². The van der Waals surface area contributed by atoms with Crippen LogP contribution in [0.1, 0.15) is 11.6 Å². The summed E-state index contributed by atoms with van der Waals surface area (Å²) in [6.07, 6.45) is 0. The summed E-state index contributed by atoms with van der Waals surface area (Å²) in [7, 11) is 0. The van der Waals surface area contributed by atoms with Crippen molar-refractivity contribution < 1.29 is 4.74 Å². The minimum absolute atomic E-state index is 0. The molecule has 2 aliphatic rings. The molecular formula is C15H13BrClN3O. The molecule has 2 heterocycles. The Hall–Kier alpha value is -1.72. The van der Waals surface area contributed by atoms with E-state index in [4.69, 9.17) is 22.1 Å². The Labute approximate surface area is 137 Å². The van der Waals surface area contributed by atoms with Crippen LogP contribution >= 0.6 is 28.6 Å². The van der Waals surface area contributed by atoms with Gasteiger partial charge in [-0.05, 0) is 30.3 Å². The molecule has 4 nitrogen and oxygen atoms in total. The molecule has 0 spiro atoms. The maximum atomic E-state index is 6.13. The molecule has 2 N–H and O–H groups in total. The van der Waals surface area contributed by atoms with Gasteiger partial charge in [0, 0.05) is 10.6 Å². The lowest BCUT2D eigenvalue weighted by Crippen LogP contribution is -2.35. The summed E-state index contributed by atoms with van der Waals surface area (Å²) >= 11 is 6.13. The molecule has 1 atom stereocenters. The molecule has 4 rings (SSSR count). The highest BCUT2D eigenvalue weighted by Gasteiger charge is 2.35. The van der Waals surface area contributed by atoms with Crippen LogP contribution in [0.3, 0.4) is 0 Å². The third-order valence-corrected chi connectivity index (χ3v) is 3.90. The predicted octanol–water partition coefficient (Wildman–Crippen LogP) is 3.90. The summed E-state index contributed by atoms with van der Waals surface area (Å²) in [4.78, 5) is 6.38. The van der Waals surface area contributed by atoms with Gasteiger partial charge in [0.1, 0.15) is 5.75 Å². The SMILES string of the molecule is Br.NC1=NCC2c3cc(Cl)ccc3Oc3ccccc3N12. The van der Waals surface area contributed by atoms with E-state index in [0.717, 1.165) is 22.7 Å². The van der Waals surface area contributed by atoms with E-state index in [-0.39, 0.29) is 23.0 Å². The van der Waals surface area contributed by atoms with E-state index in [1.165, 1.54) is 0 Å². The minimum atomic E-state index is 0. The van der Waals surface area contributed by atoms with Crippen LogP contribution in [0, 0.1) is 0 Å². The van der Waals surface area contributed by atoms with E-state index in [9.17, 15) is 0 Å². The van der Waals surface area contributed by atoms with E-state index in [2.05, 4.69) is 4.99 Å². The number of hydrogen-bond acceptors (Lipinski definition) is 4. The van der Waals surface area contributed by atoms with Crippen molar-refractivity contribution in [3.8, 4) is 11.5 Å². The topological polar surface area (TPSA) is 50.9 Å². The lowest BCUT2D eigenvalue weighted by atomic mass is 10.1. The Balaban J connectivity index is 0.00000132. The van der Waals surface area contributed by atoms with E-state index >= 15 is 0 Å². The lowest BCUT2D eigenvalue weighted by Gasteiger charge is -2.24. The van der Waals surface area contributed by atoms with E-state index in [1.54, 1.807) is 0 Å². The number of guanidine groups is 1. The van der Waals surface area contributed by atoms with Crippen LogP contribution < -0.4 is 15.4 Å². The van der Waals surface area contributed by atoms with Crippen molar-refractivity contribution in [2.45, 2.75) is 6.04 Å². The van der Waals surface area contributed by atoms with Gasteiger partial charge in [-0.1, -0.05) is 23.7 Å². The fourth-order valence-electron chi connectivity index (χ4n) is 2.76. The van der Waals surface area contributed by atoms with Gasteiger partial charge in [0.25, 0.3) is 0 Å². The number of para-hydroxylation sites is 2. The summed E-state index contributed by atoms with van der Waals surface area (Å²) in [6, 6.07) is 13.5. The predicted molar refractivity (Wildman–Crippen MR) is 90.0 cm³/mol. The zero-order valence-corrected chi connectivity index (χ0v) is 13.5. The highest BCUT2D eigenvalue weighted by Crippen LogP contribution is 2.46. The summed E-state index contributed by atoms with van der Waals surface area (Å²) < 4.78 is 6.03. The molecule has 0 fully saturated rings. The lowest BCUT2D eigenvalue weighted by molar-refractivity contribution is 0.482. The second-order valence-electron chi connectivity index (χ2n) is 4.84. The number of anilines is 1. The molecule has 21 heavy (non-hydrogen) atoms. The summed E-state index contributed by atoms with van der Waals surface area (Å²) in [5.41, 5.74) is 8.00. The Morgan fingerprint density at radius 3 is 2.86 bits per heavy atom. The molecule has 0 aliphatic carbocycles. The quantitative estimate of drug-likeness (QED) is 0.769. The Morgan fingerprint density at radius 1 is 1.19 bits per heavy atom. The second-order valence-corrected chi connectivity index (χ2v) is 5.27. The second kappa shape index (κ2) is 5.24. The van der Waals surface area contributed by atoms with Crippen LogP contribution in [-0.2, 0) is 0 Å². The Kier molecular flexibility index (Phi) is 3.55. The van der Waals surface area contributed by atoms with Gasteiger partial charge in [0.15, 0.2) is 11.7 Å². The maximum Gasteiger partial charge on any atom is 0.196 e. The van der Waals surface area contributed by atoms with Gasteiger partial charge in [0.05, 0.1) is 18.3 Å². The monoisotopic (exact) mass is 365 g/mol. The molecule has 0 saturated carbocycles. The maximum absolute atomic E-state index is 6.13. The number of ether oxygens (including phenoxy) is 1. The largest absolute Gasteiger partial charge is 0.455 e. The van der Waals surface area contributed by atoms with Crippen molar-refractivity contribution in [2.24, 2.45) is 10.7 Å². The number of nitrogens with zero attached hydrogens (tertiary/aromatic N) is 2. The average molecular weight is 367 g/mol. The number of nitrogens with two attached hydrogens (primary N) is 1. The van der Waals surface area contributed by atoms with Crippen molar-refractivity contribution in [1.29, 1.82) is 0 Å². The van der Waals surface area contributed by atoms with Gasteiger partial charge in [-0.2, -0.15) is 0 Å². The van der Waals surface area contributed by atoms with Gasteiger partial charge in [-0.3, -0.25) is 9.89 Å². The Morgan fingerprint density at radius 2 is 2.00 bits per heavy atom. The third kappa shape index (κ3) is 2.17. The first-order valence-electron chi connectivity index (χ1n) is 6.39.